The Kier molecular flexibility index (Phi) is 4.57. The SMILES string of the molecule is N=c1oc2c(Br)cc(Cl)cc2cc1C(=O)Nc1ccc(Br)cc1. The molecule has 3 aromatic rings. The van der Waals surface area contributed by atoms with Gasteiger partial charge in [0.15, 0.2) is 5.58 Å². The van der Waals surface area contributed by atoms with E-state index in [1.165, 1.54) is 0 Å². The molecule has 1 heterocycles. The van der Waals surface area contributed by atoms with Crippen LogP contribution in [0.1, 0.15) is 10.4 Å². The van der Waals surface area contributed by atoms with Crippen molar-refractivity contribution in [1.82, 2.24) is 0 Å². The summed E-state index contributed by atoms with van der Waals surface area (Å²) < 4.78 is 7.00. The monoisotopic (exact) mass is 454 g/mol. The van der Waals surface area contributed by atoms with E-state index in [0.29, 0.717) is 26.2 Å². The van der Waals surface area contributed by atoms with Crippen molar-refractivity contribution in [2.24, 2.45) is 0 Å². The van der Waals surface area contributed by atoms with E-state index in [2.05, 4.69) is 37.2 Å². The normalized spacial score (nSPS) is 10.7. The molecule has 1 aromatic heterocycles. The highest BCUT2D eigenvalue weighted by Crippen LogP contribution is 2.27. The molecule has 116 valence electrons. The topological polar surface area (TPSA) is 66.1 Å². The Morgan fingerprint density at radius 2 is 1.83 bits per heavy atom. The molecule has 0 saturated carbocycles. The van der Waals surface area contributed by atoms with E-state index in [9.17, 15) is 4.79 Å². The molecule has 0 aliphatic carbocycles. The molecule has 0 atom stereocenters. The Hall–Kier alpha value is -1.63. The number of carbonyl (C=O) groups excluding carboxylic acids is 1. The molecule has 0 radical (unpaired) electrons. The van der Waals surface area contributed by atoms with Crippen molar-refractivity contribution >= 4 is 66.0 Å². The molecule has 0 bridgehead atoms. The molecular formula is C16H9Br2ClN2O2. The summed E-state index contributed by atoms with van der Waals surface area (Å²) >= 11 is 12.7. The van der Waals surface area contributed by atoms with Gasteiger partial charge in [-0.25, -0.2) is 0 Å². The molecule has 1 amide bonds. The Labute approximate surface area is 153 Å². The highest BCUT2D eigenvalue weighted by atomic mass is 79.9. The predicted molar refractivity (Wildman–Crippen MR) is 96.9 cm³/mol. The Morgan fingerprint density at radius 3 is 2.52 bits per heavy atom. The van der Waals surface area contributed by atoms with Crippen LogP contribution in [-0.4, -0.2) is 5.91 Å². The van der Waals surface area contributed by atoms with Crippen molar-refractivity contribution in [2.45, 2.75) is 0 Å². The van der Waals surface area contributed by atoms with Crippen molar-refractivity contribution in [1.29, 1.82) is 5.41 Å². The molecule has 0 saturated heterocycles. The molecule has 4 nitrogen and oxygen atoms in total. The maximum atomic E-state index is 12.4. The van der Waals surface area contributed by atoms with E-state index >= 15 is 0 Å². The van der Waals surface area contributed by atoms with Gasteiger partial charge in [-0.05, 0) is 58.4 Å². The van der Waals surface area contributed by atoms with Crippen LogP contribution in [-0.2, 0) is 0 Å². The first kappa shape index (κ1) is 16.2. The number of carbonyl (C=O) groups is 1. The van der Waals surface area contributed by atoms with E-state index in [1.807, 2.05) is 12.1 Å². The van der Waals surface area contributed by atoms with Crippen LogP contribution in [0.2, 0.25) is 5.02 Å². The van der Waals surface area contributed by atoms with E-state index in [0.717, 1.165) is 4.47 Å². The van der Waals surface area contributed by atoms with Gasteiger partial charge in [0.2, 0.25) is 5.55 Å². The minimum atomic E-state index is -0.418. The lowest BCUT2D eigenvalue weighted by molar-refractivity contribution is 0.102. The first-order valence-corrected chi connectivity index (χ1v) is 8.45. The largest absolute Gasteiger partial charge is 0.437 e. The summed E-state index contributed by atoms with van der Waals surface area (Å²) in [6, 6.07) is 12.1. The molecule has 0 spiro atoms. The zero-order chi connectivity index (χ0) is 16.6. The lowest BCUT2D eigenvalue weighted by atomic mass is 10.1. The molecule has 0 unspecified atom stereocenters. The van der Waals surface area contributed by atoms with Gasteiger partial charge < -0.3 is 9.73 Å². The van der Waals surface area contributed by atoms with Gasteiger partial charge in [0.25, 0.3) is 5.91 Å². The number of fused-ring (bicyclic) bond motifs is 1. The summed E-state index contributed by atoms with van der Waals surface area (Å²) in [6.07, 6.45) is 0. The second-order valence-electron chi connectivity index (χ2n) is 4.76. The van der Waals surface area contributed by atoms with E-state index < -0.39 is 5.91 Å². The van der Waals surface area contributed by atoms with Gasteiger partial charge in [0, 0.05) is 20.6 Å². The van der Waals surface area contributed by atoms with Gasteiger partial charge in [-0.15, -0.1) is 0 Å². The van der Waals surface area contributed by atoms with Crippen molar-refractivity contribution < 1.29 is 9.21 Å². The average Bonchev–Trinajstić information content (AvgIpc) is 2.50. The standard InChI is InChI=1S/C16H9Br2ClN2O2/c17-9-1-3-11(4-2-9)21-16(22)12-6-8-5-10(19)7-13(18)14(8)23-15(12)20/h1-7,20H,(H,21,22). The zero-order valence-corrected chi connectivity index (χ0v) is 15.4. The fourth-order valence-corrected chi connectivity index (χ4v) is 3.25. The fourth-order valence-electron chi connectivity index (χ4n) is 2.07. The highest BCUT2D eigenvalue weighted by Gasteiger charge is 2.14. The summed E-state index contributed by atoms with van der Waals surface area (Å²) in [5.74, 6) is -0.418. The minimum absolute atomic E-state index is 0.134. The minimum Gasteiger partial charge on any atom is -0.437 e. The lowest BCUT2D eigenvalue weighted by Gasteiger charge is -2.07. The fraction of sp³-hybridized carbons (Fsp3) is 0. The van der Waals surface area contributed by atoms with Crippen molar-refractivity contribution in [3.8, 4) is 0 Å². The molecule has 0 aliphatic rings. The van der Waals surface area contributed by atoms with E-state index in [4.69, 9.17) is 21.4 Å². The van der Waals surface area contributed by atoms with Gasteiger partial charge in [-0.3, -0.25) is 10.2 Å². The van der Waals surface area contributed by atoms with Crippen LogP contribution in [0.5, 0.6) is 0 Å². The number of hydrogen-bond acceptors (Lipinski definition) is 3. The quantitative estimate of drug-likeness (QED) is 0.547. The second kappa shape index (κ2) is 6.47. The molecule has 0 aliphatic heterocycles. The molecule has 0 fully saturated rings. The summed E-state index contributed by atoms with van der Waals surface area (Å²) in [4.78, 5) is 12.4. The molecular weight excluding hydrogens is 447 g/mol. The zero-order valence-electron chi connectivity index (χ0n) is 11.5. The first-order valence-electron chi connectivity index (χ1n) is 6.48. The number of amides is 1. The van der Waals surface area contributed by atoms with Crippen LogP contribution in [0.3, 0.4) is 0 Å². The number of anilines is 1. The van der Waals surface area contributed by atoms with Crippen molar-refractivity contribution in [3.05, 3.63) is 67.6 Å². The Morgan fingerprint density at radius 1 is 1.13 bits per heavy atom. The molecule has 3 rings (SSSR count). The van der Waals surface area contributed by atoms with E-state index in [1.54, 1.807) is 30.3 Å². The predicted octanol–water partition coefficient (Wildman–Crippen LogP) is 5.34. The molecule has 2 N–H and O–H groups in total. The third-order valence-electron chi connectivity index (χ3n) is 3.13. The average molecular weight is 457 g/mol. The van der Waals surface area contributed by atoms with Gasteiger partial charge in [-0.2, -0.15) is 0 Å². The van der Waals surface area contributed by atoms with Crippen LogP contribution >= 0.6 is 43.5 Å². The van der Waals surface area contributed by atoms with Crippen LogP contribution in [0, 0.1) is 5.41 Å². The van der Waals surface area contributed by atoms with E-state index in [-0.39, 0.29) is 11.1 Å². The second-order valence-corrected chi connectivity index (χ2v) is 6.96. The van der Waals surface area contributed by atoms with Crippen LogP contribution < -0.4 is 10.9 Å². The van der Waals surface area contributed by atoms with Gasteiger partial charge in [0.1, 0.15) is 5.56 Å². The number of benzene rings is 2. The van der Waals surface area contributed by atoms with Crippen LogP contribution in [0.25, 0.3) is 11.0 Å². The van der Waals surface area contributed by atoms with Crippen molar-refractivity contribution in [3.63, 3.8) is 0 Å². The Balaban J connectivity index is 2.01. The van der Waals surface area contributed by atoms with Gasteiger partial charge in [0.05, 0.1) is 4.47 Å². The van der Waals surface area contributed by atoms with Gasteiger partial charge in [-0.1, -0.05) is 27.5 Å². The van der Waals surface area contributed by atoms with Crippen LogP contribution in [0.15, 0.2) is 55.8 Å². The lowest BCUT2D eigenvalue weighted by Crippen LogP contribution is -2.20. The summed E-state index contributed by atoms with van der Waals surface area (Å²) in [5.41, 5.74) is 1.02. The molecule has 7 heteroatoms. The van der Waals surface area contributed by atoms with Crippen LogP contribution in [0.4, 0.5) is 5.69 Å². The molecule has 2 aromatic carbocycles. The maximum Gasteiger partial charge on any atom is 0.261 e. The third kappa shape index (κ3) is 3.49. The Bertz CT molecular complexity index is 968. The van der Waals surface area contributed by atoms with Crippen molar-refractivity contribution in [2.75, 3.05) is 5.32 Å². The maximum absolute atomic E-state index is 12.4. The smallest absolute Gasteiger partial charge is 0.261 e. The number of halogens is 3. The number of nitrogens with one attached hydrogen (secondary N) is 2. The summed E-state index contributed by atoms with van der Waals surface area (Å²) in [5, 5.41) is 11.8. The number of rotatable bonds is 2. The summed E-state index contributed by atoms with van der Waals surface area (Å²) in [7, 11) is 0. The number of hydrogen-bond donors (Lipinski definition) is 2. The summed E-state index contributed by atoms with van der Waals surface area (Å²) in [6.45, 7) is 0. The third-order valence-corrected chi connectivity index (χ3v) is 4.47. The first-order chi connectivity index (χ1) is 10.9. The highest BCUT2D eigenvalue weighted by molar-refractivity contribution is 9.11. The molecule has 23 heavy (non-hydrogen) atoms. The van der Waals surface area contributed by atoms with Gasteiger partial charge >= 0.3 is 0 Å².